The van der Waals surface area contributed by atoms with Gasteiger partial charge in [0, 0.05) is 10.5 Å². The first kappa shape index (κ1) is 12.9. The van der Waals surface area contributed by atoms with E-state index in [9.17, 15) is 0 Å². The van der Waals surface area contributed by atoms with Crippen LogP contribution >= 0.6 is 15.9 Å². The largest absolute Gasteiger partial charge is 0.363 e. The van der Waals surface area contributed by atoms with Crippen LogP contribution in [0.4, 0.5) is 11.6 Å². The van der Waals surface area contributed by atoms with E-state index in [0.29, 0.717) is 5.82 Å². The smallest absolute Gasteiger partial charge is 0.142 e. The Labute approximate surface area is 115 Å². The fourth-order valence-corrected chi connectivity index (χ4v) is 1.92. The minimum Gasteiger partial charge on any atom is -0.363 e. The summed E-state index contributed by atoms with van der Waals surface area (Å²) in [6, 6.07) is 14.0. The number of nitrogens with zero attached hydrogens (tertiary/aromatic N) is 1. The minimum absolute atomic E-state index is 0.179. The van der Waals surface area contributed by atoms with E-state index in [0.717, 1.165) is 10.3 Å². The summed E-state index contributed by atoms with van der Waals surface area (Å²) in [6.07, 6.45) is 0. The fourth-order valence-electron chi connectivity index (χ4n) is 1.65. The van der Waals surface area contributed by atoms with Gasteiger partial charge < -0.3 is 10.7 Å². The van der Waals surface area contributed by atoms with Gasteiger partial charge in [0.2, 0.25) is 0 Å². The van der Waals surface area contributed by atoms with E-state index in [2.05, 4.69) is 50.7 Å². The highest BCUT2D eigenvalue weighted by Crippen LogP contribution is 2.20. The van der Waals surface area contributed by atoms with Crippen molar-refractivity contribution in [2.24, 2.45) is 5.84 Å². The second-order valence-electron chi connectivity index (χ2n) is 3.97. The number of hydrogen-bond donors (Lipinski definition) is 3. The number of rotatable bonds is 4. The topological polar surface area (TPSA) is 63.0 Å². The molecule has 1 unspecified atom stereocenters. The van der Waals surface area contributed by atoms with Gasteiger partial charge >= 0.3 is 0 Å². The van der Waals surface area contributed by atoms with Crippen molar-refractivity contribution in [3.8, 4) is 0 Å². The maximum Gasteiger partial charge on any atom is 0.142 e. The average Bonchev–Trinajstić information content (AvgIpc) is 2.39. The van der Waals surface area contributed by atoms with Crippen molar-refractivity contribution in [1.29, 1.82) is 0 Å². The molecule has 0 aliphatic rings. The molecule has 0 aliphatic carbocycles. The van der Waals surface area contributed by atoms with Crippen LogP contribution in [0.1, 0.15) is 18.5 Å². The van der Waals surface area contributed by atoms with Gasteiger partial charge in [-0.05, 0) is 36.8 Å². The van der Waals surface area contributed by atoms with Crippen molar-refractivity contribution < 1.29 is 0 Å². The molecular weight excluding hydrogens is 292 g/mol. The SMILES string of the molecule is CC(Nc1cccc(NN)n1)c1ccc(Br)cc1. The molecule has 0 aliphatic heterocycles. The van der Waals surface area contributed by atoms with E-state index in [1.165, 1.54) is 5.56 Å². The molecule has 1 aromatic heterocycles. The fraction of sp³-hybridized carbons (Fsp3) is 0.154. The van der Waals surface area contributed by atoms with Crippen molar-refractivity contribution in [3.63, 3.8) is 0 Å². The number of pyridine rings is 1. The molecule has 1 heterocycles. The number of benzene rings is 1. The molecule has 0 amide bonds. The number of nitrogen functional groups attached to an aromatic ring is 1. The van der Waals surface area contributed by atoms with Gasteiger partial charge in [0.05, 0.1) is 0 Å². The molecule has 94 valence electrons. The first-order chi connectivity index (χ1) is 8.69. The number of hydrogen-bond acceptors (Lipinski definition) is 4. The highest BCUT2D eigenvalue weighted by Gasteiger charge is 2.06. The molecule has 0 saturated carbocycles. The summed E-state index contributed by atoms with van der Waals surface area (Å²) in [7, 11) is 0. The van der Waals surface area contributed by atoms with Crippen LogP contribution in [-0.4, -0.2) is 4.98 Å². The Balaban J connectivity index is 2.10. The van der Waals surface area contributed by atoms with Gasteiger partial charge in [-0.3, -0.25) is 0 Å². The van der Waals surface area contributed by atoms with Gasteiger partial charge in [0.25, 0.3) is 0 Å². The lowest BCUT2D eigenvalue weighted by Crippen LogP contribution is -2.11. The first-order valence-electron chi connectivity index (χ1n) is 5.64. The lowest BCUT2D eigenvalue weighted by molar-refractivity contribution is 0.874. The maximum absolute atomic E-state index is 5.33. The molecule has 1 atom stereocenters. The second-order valence-corrected chi connectivity index (χ2v) is 4.89. The molecule has 2 rings (SSSR count). The van der Waals surface area contributed by atoms with Crippen LogP contribution in [0.2, 0.25) is 0 Å². The molecule has 0 saturated heterocycles. The van der Waals surface area contributed by atoms with Crippen LogP contribution in [-0.2, 0) is 0 Å². The van der Waals surface area contributed by atoms with E-state index in [4.69, 9.17) is 5.84 Å². The molecule has 4 nitrogen and oxygen atoms in total. The van der Waals surface area contributed by atoms with E-state index in [1.54, 1.807) is 0 Å². The maximum atomic E-state index is 5.33. The van der Waals surface area contributed by atoms with E-state index >= 15 is 0 Å². The molecule has 0 spiro atoms. The average molecular weight is 307 g/mol. The molecular formula is C13H15BrN4. The number of halogens is 1. The van der Waals surface area contributed by atoms with E-state index < -0.39 is 0 Å². The van der Waals surface area contributed by atoms with Crippen molar-refractivity contribution in [2.75, 3.05) is 10.7 Å². The van der Waals surface area contributed by atoms with Crippen LogP contribution in [0.3, 0.4) is 0 Å². The number of aromatic nitrogens is 1. The van der Waals surface area contributed by atoms with Gasteiger partial charge in [-0.25, -0.2) is 10.8 Å². The van der Waals surface area contributed by atoms with Crippen LogP contribution in [0.15, 0.2) is 46.9 Å². The molecule has 18 heavy (non-hydrogen) atoms. The summed E-state index contributed by atoms with van der Waals surface area (Å²) in [5.41, 5.74) is 3.73. The molecule has 5 heteroatoms. The molecule has 4 N–H and O–H groups in total. The predicted octanol–water partition coefficient (Wildman–Crippen LogP) is 3.30. The van der Waals surface area contributed by atoms with Crippen molar-refractivity contribution in [3.05, 3.63) is 52.5 Å². The number of hydrazine groups is 1. The Morgan fingerprint density at radius 1 is 1.11 bits per heavy atom. The standard InChI is InChI=1S/C13H15BrN4/c1-9(10-5-7-11(14)8-6-10)16-12-3-2-4-13(17-12)18-15/h2-9H,15H2,1H3,(H2,16,17,18). The summed E-state index contributed by atoms with van der Waals surface area (Å²) in [5.74, 6) is 6.77. The Morgan fingerprint density at radius 2 is 1.78 bits per heavy atom. The van der Waals surface area contributed by atoms with Crippen LogP contribution < -0.4 is 16.6 Å². The molecule has 0 radical (unpaired) electrons. The zero-order valence-corrected chi connectivity index (χ0v) is 11.6. The minimum atomic E-state index is 0.179. The van der Waals surface area contributed by atoms with E-state index in [-0.39, 0.29) is 6.04 Å². The third-order valence-corrected chi connectivity index (χ3v) is 3.16. The predicted molar refractivity (Wildman–Crippen MR) is 78.2 cm³/mol. The highest BCUT2D eigenvalue weighted by atomic mass is 79.9. The van der Waals surface area contributed by atoms with Gasteiger partial charge in [-0.1, -0.05) is 34.1 Å². The molecule has 0 fully saturated rings. The quantitative estimate of drug-likeness (QED) is 0.599. The Bertz CT molecular complexity index is 513. The normalized spacial score (nSPS) is 11.9. The third kappa shape index (κ3) is 3.21. The summed E-state index contributed by atoms with van der Waals surface area (Å²) >= 11 is 3.43. The zero-order chi connectivity index (χ0) is 13.0. The second kappa shape index (κ2) is 5.84. The number of nitrogens with two attached hydrogens (primary N) is 1. The molecule has 2 aromatic rings. The summed E-state index contributed by atoms with van der Waals surface area (Å²) in [4.78, 5) is 4.32. The Hall–Kier alpha value is -1.59. The summed E-state index contributed by atoms with van der Waals surface area (Å²) in [5, 5.41) is 3.33. The van der Waals surface area contributed by atoms with Gasteiger partial charge in [-0.2, -0.15) is 0 Å². The molecule has 0 bridgehead atoms. The van der Waals surface area contributed by atoms with Gasteiger partial charge in [-0.15, -0.1) is 0 Å². The van der Waals surface area contributed by atoms with Crippen LogP contribution in [0, 0.1) is 0 Å². The highest BCUT2D eigenvalue weighted by molar-refractivity contribution is 9.10. The summed E-state index contributed by atoms with van der Waals surface area (Å²) in [6.45, 7) is 2.09. The Kier molecular flexibility index (Phi) is 4.17. The van der Waals surface area contributed by atoms with Crippen molar-refractivity contribution in [1.82, 2.24) is 4.98 Å². The van der Waals surface area contributed by atoms with Gasteiger partial charge in [0.15, 0.2) is 0 Å². The van der Waals surface area contributed by atoms with Gasteiger partial charge in [0.1, 0.15) is 11.6 Å². The lowest BCUT2D eigenvalue weighted by atomic mass is 10.1. The van der Waals surface area contributed by atoms with E-state index in [1.807, 2.05) is 30.3 Å². The molecule has 1 aromatic carbocycles. The van der Waals surface area contributed by atoms with Crippen molar-refractivity contribution in [2.45, 2.75) is 13.0 Å². The van der Waals surface area contributed by atoms with Crippen LogP contribution in [0.5, 0.6) is 0 Å². The summed E-state index contributed by atoms with van der Waals surface area (Å²) < 4.78 is 1.07. The lowest BCUT2D eigenvalue weighted by Gasteiger charge is -2.15. The Morgan fingerprint density at radius 3 is 2.44 bits per heavy atom. The number of nitrogens with one attached hydrogen (secondary N) is 2. The number of anilines is 2. The van der Waals surface area contributed by atoms with Crippen molar-refractivity contribution >= 4 is 27.6 Å². The monoisotopic (exact) mass is 306 g/mol. The zero-order valence-electron chi connectivity index (χ0n) is 10.0. The third-order valence-electron chi connectivity index (χ3n) is 2.63. The first-order valence-corrected chi connectivity index (χ1v) is 6.44. The van der Waals surface area contributed by atoms with Crippen LogP contribution in [0.25, 0.3) is 0 Å².